The highest BCUT2D eigenvalue weighted by atomic mass is 19.1. The monoisotopic (exact) mass is 434 g/mol. The van der Waals surface area contributed by atoms with Gasteiger partial charge in [0.25, 0.3) is 0 Å². The summed E-state index contributed by atoms with van der Waals surface area (Å²) in [4.78, 5) is 24.3. The Kier molecular flexibility index (Phi) is 5.06. The first kappa shape index (κ1) is 20.5. The second-order valence-electron chi connectivity index (χ2n) is 8.72. The van der Waals surface area contributed by atoms with Gasteiger partial charge in [-0.3, -0.25) is 9.36 Å². The SMILES string of the molecule is Cn1c(=O)oc2cc(-c3ccc(CC(C#N)NC(=O)[C@H]4N[C@@H]5CC[C@H]4C5)c(F)c3)ccc21. The van der Waals surface area contributed by atoms with Crippen molar-refractivity contribution in [2.45, 2.75) is 43.8 Å². The van der Waals surface area contributed by atoms with E-state index in [4.69, 9.17) is 4.42 Å². The molecule has 2 aliphatic rings. The molecule has 2 fully saturated rings. The summed E-state index contributed by atoms with van der Waals surface area (Å²) in [6.45, 7) is 0. The van der Waals surface area contributed by atoms with Crippen molar-refractivity contribution in [3.63, 3.8) is 0 Å². The van der Waals surface area contributed by atoms with Gasteiger partial charge < -0.3 is 15.1 Å². The number of aromatic nitrogens is 1. The lowest BCUT2D eigenvalue weighted by atomic mass is 9.97. The van der Waals surface area contributed by atoms with E-state index in [1.54, 1.807) is 37.4 Å². The molecule has 0 spiro atoms. The van der Waals surface area contributed by atoms with Crippen LogP contribution in [0.5, 0.6) is 0 Å². The quantitative estimate of drug-likeness (QED) is 0.643. The number of carbonyl (C=O) groups excluding carboxylic acids is 1. The highest BCUT2D eigenvalue weighted by Crippen LogP contribution is 2.35. The van der Waals surface area contributed by atoms with Crippen LogP contribution in [0.15, 0.2) is 45.6 Å². The van der Waals surface area contributed by atoms with E-state index in [1.165, 1.54) is 10.6 Å². The summed E-state index contributed by atoms with van der Waals surface area (Å²) in [6.07, 6.45) is 3.21. The predicted octanol–water partition coefficient (Wildman–Crippen LogP) is 2.63. The average molecular weight is 434 g/mol. The second kappa shape index (κ2) is 7.92. The van der Waals surface area contributed by atoms with Crippen LogP contribution in [-0.2, 0) is 18.3 Å². The molecule has 1 aromatic heterocycles. The number of nitrogens with zero attached hydrogens (tertiary/aromatic N) is 2. The van der Waals surface area contributed by atoms with E-state index in [2.05, 4.69) is 16.7 Å². The Hall–Kier alpha value is -3.44. The van der Waals surface area contributed by atoms with Crippen LogP contribution in [0.1, 0.15) is 24.8 Å². The number of piperidine rings is 1. The second-order valence-corrected chi connectivity index (χ2v) is 8.72. The Morgan fingerprint density at radius 3 is 2.78 bits per heavy atom. The number of rotatable bonds is 5. The molecule has 1 unspecified atom stereocenters. The molecule has 1 amide bonds. The Morgan fingerprint density at radius 1 is 1.31 bits per heavy atom. The van der Waals surface area contributed by atoms with E-state index in [0.717, 1.165) is 19.3 Å². The first-order chi connectivity index (χ1) is 15.4. The van der Waals surface area contributed by atoms with Crippen molar-refractivity contribution in [2.24, 2.45) is 13.0 Å². The summed E-state index contributed by atoms with van der Waals surface area (Å²) in [5.41, 5.74) is 2.79. The van der Waals surface area contributed by atoms with Crippen molar-refractivity contribution in [2.75, 3.05) is 0 Å². The van der Waals surface area contributed by atoms with Gasteiger partial charge in [0.15, 0.2) is 5.58 Å². The van der Waals surface area contributed by atoms with Gasteiger partial charge in [0.1, 0.15) is 11.9 Å². The number of hydrogen-bond donors (Lipinski definition) is 2. The molecule has 1 saturated heterocycles. The Labute approximate surface area is 183 Å². The summed E-state index contributed by atoms with van der Waals surface area (Å²) in [7, 11) is 1.63. The van der Waals surface area contributed by atoms with Gasteiger partial charge in [0, 0.05) is 19.5 Å². The summed E-state index contributed by atoms with van der Waals surface area (Å²) in [6, 6.07) is 11.4. The molecule has 32 heavy (non-hydrogen) atoms. The number of aryl methyl sites for hydroxylation is 1. The van der Waals surface area contributed by atoms with Crippen LogP contribution in [0.4, 0.5) is 4.39 Å². The molecule has 3 aromatic rings. The Morgan fingerprint density at radius 2 is 2.09 bits per heavy atom. The maximum absolute atomic E-state index is 14.9. The zero-order valence-electron chi connectivity index (χ0n) is 17.6. The molecular formula is C24H23FN4O3. The molecule has 2 N–H and O–H groups in total. The van der Waals surface area contributed by atoms with Crippen molar-refractivity contribution in [1.82, 2.24) is 15.2 Å². The third-order valence-corrected chi connectivity index (χ3v) is 6.72. The number of benzene rings is 2. The number of fused-ring (bicyclic) bond motifs is 3. The van der Waals surface area contributed by atoms with Gasteiger partial charge in [0.05, 0.1) is 17.6 Å². The summed E-state index contributed by atoms with van der Waals surface area (Å²) in [5.74, 6) is -0.770. The van der Waals surface area contributed by atoms with Crippen LogP contribution in [0.25, 0.3) is 22.2 Å². The van der Waals surface area contributed by atoms with Gasteiger partial charge in [-0.05, 0) is 60.1 Å². The Balaban J connectivity index is 1.31. The molecule has 2 heterocycles. The molecule has 7 nitrogen and oxygen atoms in total. The zero-order valence-corrected chi connectivity index (χ0v) is 17.6. The summed E-state index contributed by atoms with van der Waals surface area (Å²) >= 11 is 0. The highest BCUT2D eigenvalue weighted by molar-refractivity contribution is 5.83. The highest BCUT2D eigenvalue weighted by Gasteiger charge is 2.43. The molecule has 1 saturated carbocycles. The van der Waals surface area contributed by atoms with Crippen LogP contribution >= 0.6 is 0 Å². The van der Waals surface area contributed by atoms with Gasteiger partial charge in [-0.25, -0.2) is 9.18 Å². The number of carbonyl (C=O) groups is 1. The van der Waals surface area contributed by atoms with Crippen LogP contribution < -0.4 is 16.4 Å². The molecule has 2 bridgehead atoms. The molecule has 2 aromatic carbocycles. The predicted molar refractivity (Wildman–Crippen MR) is 116 cm³/mol. The van der Waals surface area contributed by atoms with Crippen molar-refractivity contribution in [3.05, 3.63) is 58.3 Å². The van der Waals surface area contributed by atoms with Gasteiger partial charge >= 0.3 is 5.76 Å². The maximum atomic E-state index is 14.9. The molecule has 5 rings (SSSR count). The lowest BCUT2D eigenvalue weighted by molar-refractivity contribution is -0.124. The van der Waals surface area contributed by atoms with E-state index in [1.807, 2.05) is 0 Å². The fourth-order valence-corrected chi connectivity index (χ4v) is 4.97. The number of nitrogens with one attached hydrogen (secondary N) is 2. The number of oxazole rings is 1. The minimum Gasteiger partial charge on any atom is -0.408 e. The van der Waals surface area contributed by atoms with Crippen molar-refractivity contribution in [1.29, 1.82) is 5.26 Å². The smallest absolute Gasteiger partial charge is 0.408 e. The molecule has 8 heteroatoms. The third kappa shape index (κ3) is 3.59. The number of nitriles is 1. The van der Waals surface area contributed by atoms with E-state index in [9.17, 15) is 19.2 Å². The minimum atomic E-state index is -0.807. The van der Waals surface area contributed by atoms with Crippen molar-refractivity contribution >= 4 is 17.0 Å². The van der Waals surface area contributed by atoms with Crippen LogP contribution in [0.2, 0.25) is 0 Å². The standard InChI is InChI=1S/C24H23FN4O3/c1-29-20-7-5-14(11-21(20)32-24(29)31)13-2-3-15(19(25)10-13)8-18(12-26)28-23(30)22-16-4-6-17(9-16)27-22/h2-3,5,7,10-11,16-18,22,27H,4,6,8-9H2,1H3,(H,28,30)/t16-,17+,18?,22-/m0/s1. The topological polar surface area (TPSA) is 100 Å². The van der Waals surface area contributed by atoms with Gasteiger partial charge in [-0.15, -0.1) is 0 Å². The number of amides is 1. The largest absolute Gasteiger partial charge is 0.419 e. The maximum Gasteiger partial charge on any atom is 0.419 e. The summed E-state index contributed by atoms with van der Waals surface area (Å²) in [5, 5.41) is 15.6. The Bertz CT molecular complexity index is 1300. The van der Waals surface area contributed by atoms with Crippen LogP contribution in [-0.4, -0.2) is 28.6 Å². The van der Waals surface area contributed by atoms with Crippen molar-refractivity contribution < 1.29 is 13.6 Å². The number of hydrogen-bond acceptors (Lipinski definition) is 5. The fourth-order valence-electron chi connectivity index (χ4n) is 4.97. The molecular weight excluding hydrogens is 411 g/mol. The van der Waals surface area contributed by atoms with Crippen LogP contribution in [0, 0.1) is 23.1 Å². The van der Waals surface area contributed by atoms with Gasteiger partial charge in [-0.1, -0.05) is 18.2 Å². The fraction of sp³-hybridized carbons (Fsp3) is 0.375. The lowest BCUT2D eigenvalue weighted by Gasteiger charge is -2.23. The first-order valence-corrected chi connectivity index (χ1v) is 10.8. The molecule has 4 atom stereocenters. The van der Waals surface area contributed by atoms with E-state index >= 15 is 0 Å². The van der Waals surface area contributed by atoms with Gasteiger partial charge in [-0.2, -0.15) is 5.26 Å². The lowest BCUT2D eigenvalue weighted by Crippen LogP contribution is -2.50. The molecule has 0 radical (unpaired) electrons. The normalized spacial score (nSPS) is 22.7. The van der Waals surface area contributed by atoms with E-state index in [0.29, 0.717) is 39.7 Å². The third-order valence-electron chi connectivity index (χ3n) is 6.72. The molecule has 1 aliphatic carbocycles. The molecule has 164 valence electrons. The zero-order chi connectivity index (χ0) is 22.4. The number of halogens is 1. The minimum absolute atomic E-state index is 0.0851. The van der Waals surface area contributed by atoms with E-state index < -0.39 is 17.6 Å². The van der Waals surface area contributed by atoms with Gasteiger partial charge in [0.2, 0.25) is 5.91 Å². The summed E-state index contributed by atoms with van der Waals surface area (Å²) < 4.78 is 21.5. The van der Waals surface area contributed by atoms with Crippen LogP contribution in [0.3, 0.4) is 0 Å². The van der Waals surface area contributed by atoms with Crippen molar-refractivity contribution in [3.8, 4) is 17.2 Å². The van der Waals surface area contributed by atoms with E-state index in [-0.39, 0.29) is 18.4 Å². The average Bonchev–Trinajstić information content (AvgIpc) is 3.49. The molecule has 1 aliphatic heterocycles. The first-order valence-electron chi connectivity index (χ1n) is 10.8.